The predicted molar refractivity (Wildman–Crippen MR) is 233 cm³/mol. The van der Waals surface area contributed by atoms with E-state index < -0.39 is 0 Å². The number of hydrogen-bond acceptors (Lipinski definition) is 5. The van der Waals surface area contributed by atoms with Crippen LogP contribution in [0.5, 0.6) is 0 Å². The number of benzene rings is 9. The van der Waals surface area contributed by atoms with Gasteiger partial charge in [0.2, 0.25) is 0 Å². The number of fused-ring (bicyclic) bond motifs is 5. The molecule has 0 N–H and O–H groups in total. The summed E-state index contributed by atoms with van der Waals surface area (Å²) in [6, 6.07) is 63.3. The van der Waals surface area contributed by atoms with Crippen LogP contribution >= 0.6 is 0 Å². The molecule has 12 aromatic rings. The average molecular weight is 727 g/mol. The molecule has 57 heavy (non-hydrogen) atoms. The standard InChI is InChI=1S/C52H30N4O/c1-2-9-36(10-3-1)50-54-51(37-23-17-31(18-24-37)39-29-27-34-20-19-32-11-8-12-33-28-30-40(39)46(34)45(32)33)56-52(55-50)38-25-21-35(22-26-38)48-47-42-14-5-7-16-44(42)57-49(47)41-13-4-6-15-43(41)53-48/h1-30H. The van der Waals surface area contributed by atoms with Gasteiger partial charge in [-0.05, 0) is 61.6 Å². The Hall–Kier alpha value is -7.76. The topological polar surface area (TPSA) is 64.7 Å². The lowest BCUT2D eigenvalue weighted by Crippen LogP contribution is -2.00. The van der Waals surface area contributed by atoms with E-state index in [9.17, 15) is 0 Å². The van der Waals surface area contributed by atoms with Gasteiger partial charge in [0.05, 0.1) is 16.6 Å². The molecule has 3 aromatic heterocycles. The quantitative estimate of drug-likeness (QED) is 0.165. The van der Waals surface area contributed by atoms with Crippen LogP contribution in [-0.4, -0.2) is 19.9 Å². The van der Waals surface area contributed by atoms with Crippen LogP contribution in [0.25, 0.3) is 122 Å². The minimum absolute atomic E-state index is 0.603. The van der Waals surface area contributed by atoms with Crippen molar-refractivity contribution in [2.75, 3.05) is 0 Å². The van der Waals surface area contributed by atoms with Crippen LogP contribution in [0.2, 0.25) is 0 Å². The molecule has 3 heterocycles. The summed E-state index contributed by atoms with van der Waals surface area (Å²) in [7, 11) is 0. The van der Waals surface area contributed by atoms with Gasteiger partial charge in [-0.1, -0.05) is 164 Å². The molecule has 9 aromatic carbocycles. The third-order valence-corrected chi connectivity index (χ3v) is 11.3. The van der Waals surface area contributed by atoms with Crippen LogP contribution in [0.1, 0.15) is 0 Å². The molecule has 0 aliphatic carbocycles. The lowest BCUT2D eigenvalue weighted by molar-refractivity contribution is 0.672. The molecule has 0 amide bonds. The van der Waals surface area contributed by atoms with E-state index in [0.29, 0.717) is 17.5 Å². The smallest absolute Gasteiger partial charge is 0.164 e. The Balaban J connectivity index is 0.957. The van der Waals surface area contributed by atoms with Crippen molar-refractivity contribution in [3.05, 3.63) is 182 Å². The second-order valence-electron chi connectivity index (χ2n) is 14.6. The number of nitrogens with zero attached hydrogens (tertiary/aromatic N) is 4. The van der Waals surface area contributed by atoms with Crippen molar-refractivity contribution in [2.45, 2.75) is 0 Å². The fourth-order valence-electron chi connectivity index (χ4n) is 8.53. The van der Waals surface area contributed by atoms with Gasteiger partial charge in [0.25, 0.3) is 0 Å². The maximum atomic E-state index is 6.44. The maximum Gasteiger partial charge on any atom is 0.164 e. The largest absolute Gasteiger partial charge is 0.455 e. The number of aromatic nitrogens is 4. The summed E-state index contributed by atoms with van der Waals surface area (Å²) in [5, 5.41) is 10.7. The zero-order valence-corrected chi connectivity index (χ0v) is 30.5. The van der Waals surface area contributed by atoms with Gasteiger partial charge in [-0.3, -0.25) is 0 Å². The fraction of sp³-hybridized carbons (Fsp3) is 0. The second kappa shape index (κ2) is 12.4. The normalized spacial score (nSPS) is 11.9. The minimum atomic E-state index is 0.603. The third kappa shape index (κ3) is 5.03. The number of pyridine rings is 1. The summed E-state index contributed by atoms with van der Waals surface area (Å²) in [4.78, 5) is 20.3. The van der Waals surface area contributed by atoms with Crippen molar-refractivity contribution in [3.8, 4) is 56.5 Å². The van der Waals surface area contributed by atoms with Crippen molar-refractivity contribution in [2.24, 2.45) is 0 Å². The van der Waals surface area contributed by atoms with Gasteiger partial charge in [0, 0.05) is 33.0 Å². The molecule has 5 nitrogen and oxygen atoms in total. The first-order valence-corrected chi connectivity index (χ1v) is 19.1. The molecule has 0 saturated heterocycles. The summed E-state index contributed by atoms with van der Waals surface area (Å²) < 4.78 is 6.44. The van der Waals surface area contributed by atoms with Crippen molar-refractivity contribution in [1.82, 2.24) is 19.9 Å². The van der Waals surface area contributed by atoms with Crippen LogP contribution in [0.15, 0.2) is 186 Å². The van der Waals surface area contributed by atoms with E-state index in [2.05, 4.69) is 115 Å². The lowest BCUT2D eigenvalue weighted by Gasteiger charge is -2.14. The monoisotopic (exact) mass is 726 g/mol. The fourth-order valence-corrected chi connectivity index (χ4v) is 8.53. The maximum absolute atomic E-state index is 6.44. The van der Waals surface area contributed by atoms with Gasteiger partial charge in [0.1, 0.15) is 11.2 Å². The van der Waals surface area contributed by atoms with Crippen molar-refractivity contribution < 1.29 is 4.42 Å². The molecule has 0 unspecified atom stereocenters. The third-order valence-electron chi connectivity index (χ3n) is 11.3. The highest BCUT2D eigenvalue weighted by molar-refractivity contribution is 6.25. The van der Waals surface area contributed by atoms with Crippen molar-refractivity contribution >= 4 is 65.2 Å². The second-order valence-corrected chi connectivity index (χ2v) is 14.6. The van der Waals surface area contributed by atoms with Gasteiger partial charge in [0.15, 0.2) is 17.5 Å². The van der Waals surface area contributed by atoms with Gasteiger partial charge in [-0.2, -0.15) is 0 Å². The van der Waals surface area contributed by atoms with E-state index in [1.54, 1.807) is 0 Å². The van der Waals surface area contributed by atoms with Crippen LogP contribution in [0.3, 0.4) is 0 Å². The first-order chi connectivity index (χ1) is 28.2. The zero-order valence-electron chi connectivity index (χ0n) is 30.5. The SMILES string of the molecule is c1ccc(-c2nc(-c3ccc(-c4ccc5ccc6cccc7ccc4c5c67)cc3)nc(-c3ccc(-c4nc5ccccc5c5oc6ccccc6c45)cc3)n2)cc1. The Morgan fingerprint density at radius 2 is 0.860 bits per heavy atom. The summed E-state index contributed by atoms with van der Waals surface area (Å²) in [5.74, 6) is 1.84. The van der Waals surface area contributed by atoms with Crippen LogP contribution in [0.4, 0.5) is 0 Å². The molecule has 0 atom stereocenters. The Kier molecular flexibility index (Phi) is 6.86. The van der Waals surface area contributed by atoms with Crippen LogP contribution in [-0.2, 0) is 0 Å². The van der Waals surface area contributed by atoms with Crippen molar-refractivity contribution in [1.29, 1.82) is 0 Å². The molecule has 0 radical (unpaired) electrons. The number of rotatable bonds is 5. The zero-order chi connectivity index (χ0) is 37.5. The predicted octanol–water partition coefficient (Wildman–Crippen LogP) is 13.6. The molecule has 0 spiro atoms. The van der Waals surface area contributed by atoms with Gasteiger partial charge in [-0.25, -0.2) is 19.9 Å². The molecule has 0 fully saturated rings. The first kappa shape index (κ1) is 31.6. The van der Waals surface area contributed by atoms with E-state index in [4.69, 9.17) is 24.4 Å². The molecule has 0 bridgehead atoms. The molecule has 0 aliphatic heterocycles. The minimum Gasteiger partial charge on any atom is -0.455 e. The molecule has 264 valence electrons. The van der Waals surface area contributed by atoms with Gasteiger partial charge in [-0.15, -0.1) is 0 Å². The highest BCUT2D eigenvalue weighted by atomic mass is 16.3. The molecular weight excluding hydrogens is 697 g/mol. The number of para-hydroxylation sites is 2. The lowest BCUT2D eigenvalue weighted by atomic mass is 9.90. The Morgan fingerprint density at radius 1 is 0.316 bits per heavy atom. The summed E-state index contributed by atoms with van der Waals surface area (Å²) >= 11 is 0. The van der Waals surface area contributed by atoms with E-state index in [1.165, 1.54) is 37.9 Å². The van der Waals surface area contributed by atoms with Gasteiger partial charge < -0.3 is 4.42 Å². The highest BCUT2D eigenvalue weighted by Gasteiger charge is 2.19. The molecule has 0 aliphatic rings. The van der Waals surface area contributed by atoms with Gasteiger partial charge >= 0.3 is 0 Å². The van der Waals surface area contributed by atoms with E-state index >= 15 is 0 Å². The summed E-state index contributed by atoms with van der Waals surface area (Å²) in [6.07, 6.45) is 0. The van der Waals surface area contributed by atoms with Crippen LogP contribution in [0, 0.1) is 0 Å². The van der Waals surface area contributed by atoms with E-state index in [1.807, 2.05) is 66.7 Å². The molecule has 0 saturated carbocycles. The molecular formula is C52H30N4O. The van der Waals surface area contributed by atoms with Crippen molar-refractivity contribution in [3.63, 3.8) is 0 Å². The molecule has 5 heteroatoms. The molecule has 12 rings (SSSR count). The Labute approximate surface area is 326 Å². The highest BCUT2D eigenvalue weighted by Crippen LogP contribution is 2.41. The van der Waals surface area contributed by atoms with E-state index in [-0.39, 0.29) is 0 Å². The van der Waals surface area contributed by atoms with E-state index in [0.717, 1.165) is 66.4 Å². The first-order valence-electron chi connectivity index (χ1n) is 19.1. The Morgan fingerprint density at radius 3 is 1.58 bits per heavy atom. The Bertz CT molecular complexity index is 3480. The average Bonchev–Trinajstić information content (AvgIpc) is 3.68. The summed E-state index contributed by atoms with van der Waals surface area (Å²) in [5.41, 5.74) is 9.54. The van der Waals surface area contributed by atoms with Crippen LogP contribution < -0.4 is 0 Å². The number of hydrogen-bond donors (Lipinski definition) is 0. The number of furan rings is 1. The summed E-state index contributed by atoms with van der Waals surface area (Å²) in [6.45, 7) is 0.